The van der Waals surface area contributed by atoms with E-state index in [2.05, 4.69) is 71.6 Å². The van der Waals surface area contributed by atoms with Gasteiger partial charge in [-0.15, -0.1) is 0 Å². The number of nitrogens with one attached hydrogen (secondary N) is 1. The van der Waals surface area contributed by atoms with Gasteiger partial charge in [0.15, 0.2) is 5.65 Å². The third kappa shape index (κ3) is 4.35. The van der Waals surface area contributed by atoms with E-state index in [0.29, 0.717) is 0 Å². The Kier molecular flexibility index (Phi) is 5.67. The van der Waals surface area contributed by atoms with E-state index in [0.717, 1.165) is 50.1 Å². The lowest BCUT2D eigenvalue weighted by Crippen LogP contribution is -1.97. The van der Waals surface area contributed by atoms with E-state index in [1.54, 1.807) is 18.9 Å². The molecular formula is C24H23N3OS. The van der Waals surface area contributed by atoms with Crippen LogP contribution in [0.4, 0.5) is 11.4 Å². The third-order valence-corrected chi connectivity index (χ3v) is 5.80. The zero-order valence-corrected chi connectivity index (χ0v) is 17.6. The maximum Gasteiger partial charge on any atom is 0.161 e. The second kappa shape index (κ2) is 8.53. The van der Waals surface area contributed by atoms with Gasteiger partial charge in [-0.1, -0.05) is 24.8 Å². The molecule has 4 rings (SSSR count). The monoisotopic (exact) mass is 401 g/mol. The summed E-state index contributed by atoms with van der Waals surface area (Å²) in [5, 5.41) is 4.63. The summed E-state index contributed by atoms with van der Waals surface area (Å²) in [4.78, 5) is 11.4. The molecule has 0 saturated carbocycles. The van der Waals surface area contributed by atoms with Gasteiger partial charge in [0.05, 0.1) is 18.5 Å². The number of benzene rings is 2. The summed E-state index contributed by atoms with van der Waals surface area (Å²) in [7, 11) is 1.68. The van der Waals surface area contributed by atoms with Crippen LogP contribution in [0.25, 0.3) is 11.0 Å². The van der Waals surface area contributed by atoms with Gasteiger partial charge in [0.2, 0.25) is 0 Å². The maximum atomic E-state index is 5.26. The standard InChI is InChI=1S/C24H23N3OS/c1-4-17-6-11-20-21(13-14-25-24(20)26-17)27-22-15-16(2)5-12-23(22)29-19-9-7-18(28-3)8-10-19/h5-15H,4H2,1-3H3,(H,25,26,27). The van der Waals surface area contributed by atoms with E-state index < -0.39 is 0 Å². The van der Waals surface area contributed by atoms with Gasteiger partial charge in [-0.3, -0.25) is 0 Å². The van der Waals surface area contributed by atoms with Gasteiger partial charge < -0.3 is 10.1 Å². The van der Waals surface area contributed by atoms with Crippen molar-refractivity contribution in [3.8, 4) is 5.75 Å². The molecule has 0 bridgehead atoms. The van der Waals surface area contributed by atoms with Gasteiger partial charge in [0, 0.05) is 27.1 Å². The summed E-state index contributed by atoms with van der Waals surface area (Å²) in [5.74, 6) is 0.860. The Morgan fingerprint density at radius 1 is 0.966 bits per heavy atom. The summed E-state index contributed by atoms with van der Waals surface area (Å²) in [5.41, 5.74) is 5.10. The lowest BCUT2D eigenvalue weighted by Gasteiger charge is -2.14. The fourth-order valence-electron chi connectivity index (χ4n) is 3.12. The molecule has 0 fully saturated rings. The fourth-order valence-corrected chi connectivity index (χ4v) is 4.00. The molecular weight excluding hydrogens is 378 g/mol. The van der Waals surface area contributed by atoms with Crippen molar-refractivity contribution in [3.05, 3.63) is 78.1 Å². The van der Waals surface area contributed by atoms with Crippen molar-refractivity contribution in [2.24, 2.45) is 0 Å². The normalized spacial score (nSPS) is 10.9. The Balaban J connectivity index is 1.68. The van der Waals surface area contributed by atoms with Gasteiger partial charge in [-0.25, -0.2) is 9.97 Å². The van der Waals surface area contributed by atoms with Gasteiger partial charge in [0.1, 0.15) is 5.75 Å². The minimum absolute atomic E-state index is 0.770. The first-order valence-electron chi connectivity index (χ1n) is 9.60. The Morgan fingerprint density at radius 3 is 2.55 bits per heavy atom. The van der Waals surface area contributed by atoms with Crippen molar-refractivity contribution in [1.82, 2.24) is 9.97 Å². The molecule has 2 aromatic carbocycles. The quantitative estimate of drug-likeness (QED) is 0.405. The number of pyridine rings is 2. The van der Waals surface area contributed by atoms with Crippen LogP contribution in [0.15, 0.2) is 76.7 Å². The van der Waals surface area contributed by atoms with Crippen molar-refractivity contribution in [2.45, 2.75) is 30.1 Å². The number of aryl methyl sites for hydroxylation is 2. The SMILES string of the molecule is CCc1ccc2c(Nc3cc(C)ccc3Sc3ccc(OC)cc3)ccnc2n1. The second-order valence-electron chi connectivity index (χ2n) is 6.79. The molecule has 146 valence electrons. The summed E-state index contributed by atoms with van der Waals surface area (Å²) in [6.07, 6.45) is 2.71. The molecule has 0 atom stereocenters. The highest BCUT2D eigenvalue weighted by molar-refractivity contribution is 7.99. The molecule has 0 radical (unpaired) electrons. The first-order chi connectivity index (χ1) is 14.2. The van der Waals surface area contributed by atoms with E-state index in [1.165, 1.54) is 5.56 Å². The van der Waals surface area contributed by atoms with E-state index in [1.807, 2.05) is 24.4 Å². The maximum absolute atomic E-state index is 5.26. The molecule has 1 N–H and O–H groups in total. The van der Waals surface area contributed by atoms with Crippen molar-refractivity contribution in [3.63, 3.8) is 0 Å². The van der Waals surface area contributed by atoms with Crippen LogP contribution >= 0.6 is 11.8 Å². The molecule has 5 heteroatoms. The van der Waals surface area contributed by atoms with Crippen LogP contribution in [0.3, 0.4) is 0 Å². The minimum atomic E-state index is 0.770. The van der Waals surface area contributed by atoms with Gasteiger partial charge in [0.25, 0.3) is 0 Å². The van der Waals surface area contributed by atoms with Crippen LogP contribution in [-0.4, -0.2) is 17.1 Å². The van der Waals surface area contributed by atoms with Gasteiger partial charge in [-0.05, 0) is 73.5 Å². The van der Waals surface area contributed by atoms with Crippen LogP contribution in [0.2, 0.25) is 0 Å². The molecule has 0 aliphatic rings. The number of fused-ring (bicyclic) bond motifs is 1. The highest BCUT2D eigenvalue weighted by Gasteiger charge is 2.09. The smallest absolute Gasteiger partial charge is 0.161 e. The molecule has 0 unspecified atom stereocenters. The first kappa shape index (κ1) is 19.3. The van der Waals surface area contributed by atoms with E-state index in [9.17, 15) is 0 Å². The second-order valence-corrected chi connectivity index (χ2v) is 7.90. The first-order valence-corrected chi connectivity index (χ1v) is 10.4. The Hall–Kier alpha value is -3.05. The summed E-state index contributed by atoms with van der Waals surface area (Å²) >= 11 is 1.72. The molecule has 4 aromatic rings. The zero-order chi connectivity index (χ0) is 20.2. The lowest BCUT2D eigenvalue weighted by atomic mass is 10.2. The fraction of sp³-hybridized carbons (Fsp3) is 0.167. The number of hydrogen-bond acceptors (Lipinski definition) is 5. The molecule has 2 aromatic heterocycles. The summed E-state index contributed by atoms with van der Waals surface area (Å²) < 4.78 is 5.26. The Bertz CT molecular complexity index is 1140. The molecule has 0 aliphatic carbocycles. The number of hydrogen-bond donors (Lipinski definition) is 1. The largest absolute Gasteiger partial charge is 0.497 e. The molecule has 0 amide bonds. The number of aromatic nitrogens is 2. The average molecular weight is 402 g/mol. The molecule has 2 heterocycles. The molecule has 0 aliphatic heterocycles. The van der Waals surface area contributed by atoms with E-state index >= 15 is 0 Å². The Morgan fingerprint density at radius 2 is 1.79 bits per heavy atom. The predicted octanol–water partition coefficient (Wildman–Crippen LogP) is 6.40. The predicted molar refractivity (Wildman–Crippen MR) is 120 cm³/mol. The number of ether oxygens (including phenoxy) is 1. The van der Waals surface area contributed by atoms with Crippen LogP contribution in [0, 0.1) is 6.92 Å². The number of rotatable bonds is 6. The van der Waals surface area contributed by atoms with Crippen LogP contribution in [0.1, 0.15) is 18.2 Å². The molecule has 0 saturated heterocycles. The minimum Gasteiger partial charge on any atom is -0.497 e. The highest BCUT2D eigenvalue weighted by Crippen LogP contribution is 2.37. The Labute approximate surface area is 175 Å². The van der Waals surface area contributed by atoms with Crippen molar-refractivity contribution < 1.29 is 4.74 Å². The molecule has 4 nitrogen and oxygen atoms in total. The summed E-state index contributed by atoms with van der Waals surface area (Å²) in [6.45, 7) is 4.21. The number of methoxy groups -OCH3 is 1. The summed E-state index contributed by atoms with van der Waals surface area (Å²) in [6, 6.07) is 20.7. The van der Waals surface area contributed by atoms with Crippen LogP contribution in [0.5, 0.6) is 5.75 Å². The zero-order valence-electron chi connectivity index (χ0n) is 16.8. The van der Waals surface area contributed by atoms with Gasteiger partial charge >= 0.3 is 0 Å². The van der Waals surface area contributed by atoms with Crippen molar-refractivity contribution >= 4 is 34.2 Å². The van der Waals surface area contributed by atoms with E-state index in [4.69, 9.17) is 4.74 Å². The van der Waals surface area contributed by atoms with Gasteiger partial charge in [-0.2, -0.15) is 0 Å². The number of anilines is 2. The van der Waals surface area contributed by atoms with Crippen LogP contribution < -0.4 is 10.1 Å². The third-order valence-electron chi connectivity index (χ3n) is 4.71. The average Bonchev–Trinajstić information content (AvgIpc) is 2.76. The van der Waals surface area contributed by atoms with Crippen molar-refractivity contribution in [1.29, 1.82) is 0 Å². The number of nitrogens with zero attached hydrogens (tertiary/aromatic N) is 2. The van der Waals surface area contributed by atoms with Crippen LogP contribution in [-0.2, 0) is 6.42 Å². The molecule has 29 heavy (non-hydrogen) atoms. The topological polar surface area (TPSA) is 47.0 Å². The highest BCUT2D eigenvalue weighted by atomic mass is 32.2. The molecule has 0 spiro atoms. The van der Waals surface area contributed by atoms with E-state index in [-0.39, 0.29) is 0 Å². The van der Waals surface area contributed by atoms with Crippen molar-refractivity contribution in [2.75, 3.05) is 12.4 Å². The lowest BCUT2D eigenvalue weighted by molar-refractivity contribution is 0.414.